The van der Waals surface area contributed by atoms with Gasteiger partial charge < -0.3 is 15.5 Å². The zero-order valence-corrected chi connectivity index (χ0v) is 11.0. The molecule has 0 radical (unpaired) electrons. The number of benzene rings is 1. The Morgan fingerprint density at radius 1 is 1.32 bits per heavy atom. The quantitative estimate of drug-likeness (QED) is 0.333. The summed E-state index contributed by atoms with van der Waals surface area (Å²) in [4.78, 5) is 1.32. The van der Waals surface area contributed by atoms with E-state index in [1.807, 2.05) is 24.3 Å². The van der Waals surface area contributed by atoms with Crippen LogP contribution >= 0.6 is 11.3 Å². The number of hydrogen-bond acceptors (Lipinski definition) is 3. The van der Waals surface area contributed by atoms with Crippen LogP contribution in [0.4, 0.5) is 0 Å². The first-order valence-electron chi connectivity index (χ1n) is 5.87. The predicted octanol–water partition coefficient (Wildman–Crippen LogP) is 2.85. The summed E-state index contributed by atoms with van der Waals surface area (Å²) in [6.07, 6.45) is 2.06. The van der Waals surface area contributed by atoms with E-state index < -0.39 is 0 Å². The molecular weight excluding hydrogens is 258 g/mol. The maximum atomic E-state index is 8.70. The van der Waals surface area contributed by atoms with Gasteiger partial charge in [-0.2, -0.15) is 0 Å². The number of rotatable bonds is 3. The first-order valence-corrected chi connectivity index (χ1v) is 6.75. The lowest BCUT2D eigenvalue weighted by atomic mass is 10.1. The second-order valence-electron chi connectivity index (χ2n) is 4.28. The molecule has 3 rings (SSSR count). The van der Waals surface area contributed by atoms with Gasteiger partial charge in [-0.05, 0) is 35.7 Å². The highest BCUT2D eigenvalue weighted by Gasteiger charge is 2.05. The molecule has 0 fully saturated rings. The number of aromatic nitrogens is 1. The van der Waals surface area contributed by atoms with E-state index in [9.17, 15) is 0 Å². The highest BCUT2D eigenvalue weighted by atomic mass is 32.1. The van der Waals surface area contributed by atoms with Gasteiger partial charge in [0.05, 0.1) is 6.54 Å². The smallest absolute Gasteiger partial charge is 0.170 e. The van der Waals surface area contributed by atoms with E-state index >= 15 is 0 Å². The maximum Gasteiger partial charge on any atom is 0.170 e. The monoisotopic (exact) mass is 271 g/mol. The van der Waals surface area contributed by atoms with Crippen molar-refractivity contribution in [3.63, 3.8) is 0 Å². The molecule has 0 saturated carbocycles. The van der Waals surface area contributed by atoms with Crippen molar-refractivity contribution < 1.29 is 5.21 Å². The lowest BCUT2D eigenvalue weighted by molar-refractivity contribution is 0.318. The molecule has 0 aliphatic rings. The Hall–Kier alpha value is -2.27. The van der Waals surface area contributed by atoms with Gasteiger partial charge in [-0.15, -0.1) is 11.3 Å². The van der Waals surface area contributed by atoms with Crippen molar-refractivity contribution in [2.75, 3.05) is 0 Å². The zero-order chi connectivity index (χ0) is 13.2. The molecule has 3 aromatic rings. The highest BCUT2D eigenvalue weighted by molar-refractivity contribution is 7.09. The summed E-state index contributed by atoms with van der Waals surface area (Å²) in [6.45, 7) is 0.865. The largest absolute Gasteiger partial charge is 0.409 e. The number of amidine groups is 1. The molecule has 5 heteroatoms. The molecule has 96 valence electrons. The molecule has 3 N–H and O–H groups in total. The third kappa shape index (κ3) is 2.20. The third-order valence-electron chi connectivity index (χ3n) is 3.08. The second-order valence-corrected chi connectivity index (χ2v) is 5.31. The van der Waals surface area contributed by atoms with E-state index in [1.165, 1.54) is 4.88 Å². The Morgan fingerprint density at radius 2 is 2.21 bits per heavy atom. The van der Waals surface area contributed by atoms with Crippen molar-refractivity contribution in [3.8, 4) is 0 Å². The van der Waals surface area contributed by atoms with E-state index in [-0.39, 0.29) is 5.84 Å². The summed E-state index contributed by atoms with van der Waals surface area (Å²) in [6, 6.07) is 12.0. The highest BCUT2D eigenvalue weighted by Crippen LogP contribution is 2.20. The standard InChI is InChI=1S/C14H13N3OS/c15-14(16-18)11-3-4-13-10(8-11)5-6-17(13)9-12-2-1-7-19-12/h1-8,18H,9H2,(H2,15,16). The molecule has 19 heavy (non-hydrogen) atoms. The summed E-state index contributed by atoms with van der Waals surface area (Å²) in [7, 11) is 0. The first kappa shape index (κ1) is 11.8. The topological polar surface area (TPSA) is 63.5 Å². The van der Waals surface area contributed by atoms with Crippen LogP contribution in [0.2, 0.25) is 0 Å². The predicted molar refractivity (Wildman–Crippen MR) is 77.9 cm³/mol. The van der Waals surface area contributed by atoms with E-state index in [0.717, 1.165) is 23.0 Å². The van der Waals surface area contributed by atoms with Crippen molar-refractivity contribution in [1.82, 2.24) is 4.57 Å². The molecular formula is C14H13N3OS. The van der Waals surface area contributed by atoms with Crippen LogP contribution in [0.1, 0.15) is 10.4 Å². The Labute approximate surface area is 114 Å². The van der Waals surface area contributed by atoms with Gasteiger partial charge in [-0.1, -0.05) is 11.2 Å². The van der Waals surface area contributed by atoms with Gasteiger partial charge in [-0.3, -0.25) is 0 Å². The van der Waals surface area contributed by atoms with Gasteiger partial charge in [-0.25, -0.2) is 0 Å². The summed E-state index contributed by atoms with van der Waals surface area (Å²) < 4.78 is 2.19. The number of fused-ring (bicyclic) bond motifs is 1. The van der Waals surface area contributed by atoms with Crippen molar-refractivity contribution in [2.24, 2.45) is 10.9 Å². The Balaban J connectivity index is 2.00. The van der Waals surface area contributed by atoms with Crippen LogP contribution in [0.3, 0.4) is 0 Å². The summed E-state index contributed by atoms with van der Waals surface area (Å²) >= 11 is 1.75. The first-order chi connectivity index (χ1) is 9.28. The van der Waals surface area contributed by atoms with E-state index in [1.54, 1.807) is 11.3 Å². The molecule has 0 unspecified atom stereocenters. The number of thiophene rings is 1. The SMILES string of the molecule is N/C(=N/O)c1ccc2c(ccn2Cc2cccs2)c1. The lowest BCUT2D eigenvalue weighted by Gasteiger charge is -2.04. The number of nitrogens with two attached hydrogens (primary N) is 1. The fraction of sp³-hybridized carbons (Fsp3) is 0.0714. The zero-order valence-electron chi connectivity index (χ0n) is 10.2. The van der Waals surface area contributed by atoms with E-state index in [2.05, 4.69) is 33.4 Å². The minimum absolute atomic E-state index is 0.132. The molecule has 2 heterocycles. The molecule has 0 amide bonds. The van der Waals surface area contributed by atoms with Crippen LogP contribution in [0.5, 0.6) is 0 Å². The van der Waals surface area contributed by atoms with Gasteiger partial charge >= 0.3 is 0 Å². The molecule has 0 aliphatic carbocycles. The van der Waals surface area contributed by atoms with Gasteiger partial charge in [0, 0.05) is 27.5 Å². The maximum absolute atomic E-state index is 8.70. The van der Waals surface area contributed by atoms with Crippen LogP contribution in [0.15, 0.2) is 53.1 Å². The van der Waals surface area contributed by atoms with Crippen LogP contribution < -0.4 is 5.73 Å². The van der Waals surface area contributed by atoms with Gasteiger partial charge in [0.25, 0.3) is 0 Å². The molecule has 2 aromatic heterocycles. The molecule has 0 atom stereocenters. The number of oxime groups is 1. The average molecular weight is 271 g/mol. The summed E-state index contributed by atoms with van der Waals surface area (Å²) in [5.74, 6) is 0.132. The number of hydrogen-bond donors (Lipinski definition) is 2. The normalized spacial score (nSPS) is 12.1. The fourth-order valence-corrected chi connectivity index (χ4v) is 2.83. The van der Waals surface area contributed by atoms with E-state index in [0.29, 0.717) is 0 Å². The molecule has 1 aromatic carbocycles. The van der Waals surface area contributed by atoms with Crippen LogP contribution in [0, 0.1) is 0 Å². The molecule has 0 bridgehead atoms. The lowest BCUT2D eigenvalue weighted by Crippen LogP contribution is -2.12. The van der Waals surface area contributed by atoms with Gasteiger partial charge in [0.2, 0.25) is 0 Å². The minimum Gasteiger partial charge on any atom is -0.409 e. The summed E-state index contributed by atoms with van der Waals surface area (Å²) in [5.41, 5.74) is 7.46. The van der Waals surface area contributed by atoms with Crippen molar-refractivity contribution >= 4 is 28.1 Å². The fourth-order valence-electron chi connectivity index (χ4n) is 2.13. The number of nitrogens with zero attached hydrogens (tertiary/aromatic N) is 2. The average Bonchev–Trinajstić information content (AvgIpc) is 3.08. The molecule has 4 nitrogen and oxygen atoms in total. The molecule has 0 spiro atoms. The van der Waals surface area contributed by atoms with Gasteiger partial charge in [0.15, 0.2) is 5.84 Å². The van der Waals surface area contributed by atoms with Crippen LogP contribution in [0.25, 0.3) is 10.9 Å². The molecule has 0 saturated heterocycles. The van der Waals surface area contributed by atoms with Crippen LogP contribution in [-0.4, -0.2) is 15.6 Å². The molecule has 0 aliphatic heterocycles. The van der Waals surface area contributed by atoms with Crippen molar-refractivity contribution in [1.29, 1.82) is 0 Å². The second kappa shape index (κ2) is 4.78. The van der Waals surface area contributed by atoms with Crippen molar-refractivity contribution in [3.05, 3.63) is 58.4 Å². The Morgan fingerprint density at radius 3 is 2.95 bits per heavy atom. The van der Waals surface area contributed by atoms with Gasteiger partial charge in [0.1, 0.15) is 0 Å². The minimum atomic E-state index is 0.132. The van der Waals surface area contributed by atoms with Crippen molar-refractivity contribution in [2.45, 2.75) is 6.54 Å². The summed E-state index contributed by atoms with van der Waals surface area (Å²) in [5, 5.41) is 14.9. The van der Waals surface area contributed by atoms with E-state index in [4.69, 9.17) is 10.9 Å². The Bertz CT molecular complexity index is 728. The third-order valence-corrected chi connectivity index (χ3v) is 3.94. The Kier molecular flexibility index (Phi) is 2.97. The van der Waals surface area contributed by atoms with Crippen LogP contribution in [-0.2, 0) is 6.54 Å².